The lowest BCUT2D eigenvalue weighted by molar-refractivity contribution is 0.417. The van der Waals surface area contributed by atoms with Crippen LogP contribution < -0.4 is 10.5 Å². The van der Waals surface area contributed by atoms with Gasteiger partial charge in [-0.1, -0.05) is 0 Å². The van der Waals surface area contributed by atoms with E-state index in [0.29, 0.717) is 22.9 Å². The number of nitriles is 1. The largest absolute Gasteiger partial charge is 0.495 e. The Hall–Kier alpha value is -2.15. The Bertz CT molecular complexity index is 632. The summed E-state index contributed by atoms with van der Waals surface area (Å²) in [6.07, 6.45) is 2.30. The topological polar surface area (TPSA) is 74.8 Å². The second-order valence-corrected chi connectivity index (χ2v) is 4.40. The zero-order chi connectivity index (χ0) is 12.0. The molecule has 1 aromatic heterocycles. The molecule has 1 fully saturated rings. The Morgan fingerprint density at radius 2 is 2.24 bits per heavy atom. The highest BCUT2D eigenvalue weighted by molar-refractivity contribution is 5.99. The Labute approximate surface area is 99.0 Å². The molecule has 86 valence electrons. The molecule has 17 heavy (non-hydrogen) atoms. The van der Waals surface area contributed by atoms with Crippen LogP contribution in [0.1, 0.15) is 30.0 Å². The summed E-state index contributed by atoms with van der Waals surface area (Å²) in [5.41, 5.74) is 9.22. The first kappa shape index (κ1) is 10.0. The van der Waals surface area contributed by atoms with Crippen LogP contribution in [-0.4, -0.2) is 12.1 Å². The maximum Gasteiger partial charge on any atom is 0.142 e. The third-order valence-electron chi connectivity index (χ3n) is 3.31. The van der Waals surface area contributed by atoms with Gasteiger partial charge in [0.05, 0.1) is 18.4 Å². The summed E-state index contributed by atoms with van der Waals surface area (Å²) < 4.78 is 5.19. The van der Waals surface area contributed by atoms with Crippen LogP contribution in [-0.2, 0) is 0 Å². The van der Waals surface area contributed by atoms with Gasteiger partial charge in [-0.05, 0) is 25.0 Å². The van der Waals surface area contributed by atoms with Crippen molar-refractivity contribution in [1.29, 1.82) is 5.26 Å². The van der Waals surface area contributed by atoms with Crippen LogP contribution in [0.2, 0.25) is 0 Å². The van der Waals surface area contributed by atoms with Gasteiger partial charge in [-0.3, -0.25) is 0 Å². The van der Waals surface area contributed by atoms with E-state index in [1.807, 2.05) is 12.1 Å². The SMILES string of the molecule is COc1ccc2[nH]c(C3CC3)c(C#N)c2c1N. The number of aromatic amines is 1. The number of nitrogen functional groups attached to an aromatic ring is 1. The molecule has 1 aliphatic rings. The van der Waals surface area contributed by atoms with Crippen molar-refractivity contribution in [3.8, 4) is 11.8 Å². The van der Waals surface area contributed by atoms with Crippen LogP contribution in [0.15, 0.2) is 12.1 Å². The molecule has 4 nitrogen and oxygen atoms in total. The molecule has 0 radical (unpaired) electrons. The Morgan fingerprint density at radius 1 is 1.47 bits per heavy atom. The number of nitrogens with zero attached hydrogens (tertiary/aromatic N) is 1. The molecule has 3 rings (SSSR count). The summed E-state index contributed by atoms with van der Waals surface area (Å²) in [5, 5.41) is 10.1. The minimum atomic E-state index is 0.502. The highest BCUT2D eigenvalue weighted by atomic mass is 16.5. The molecule has 1 heterocycles. The van der Waals surface area contributed by atoms with Crippen LogP contribution in [0.4, 0.5) is 5.69 Å². The average Bonchev–Trinajstić information content (AvgIpc) is 3.10. The van der Waals surface area contributed by atoms with Crippen molar-refractivity contribution in [2.24, 2.45) is 0 Å². The Kier molecular flexibility index (Phi) is 2.02. The van der Waals surface area contributed by atoms with Gasteiger partial charge in [0.1, 0.15) is 11.8 Å². The number of rotatable bonds is 2. The maximum atomic E-state index is 9.30. The number of H-pyrrole nitrogens is 1. The number of nitrogens with two attached hydrogens (primary N) is 1. The number of nitrogens with one attached hydrogen (secondary N) is 1. The van der Waals surface area contributed by atoms with E-state index in [4.69, 9.17) is 10.5 Å². The molecule has 1 saturated carbocycles. The van der Waals surface area contributed by atoms with Crippen molar-refractivity contribution in [1.82, 2.24) is 4.98 Å². The summed E-state index contributed by atoms with van der Waals surface area (Å²) in [6, 6.07) is 6.00. The highest BCUT2D eigenvalue weighted by Crippen LogP contribution is 2.44. The number of hydrogen-bond acceptors (Lipinski definition) is 3. The first-order valence-electron chi connectivity index (χ1n) is 5.64. The summed E-state index contributed by atoms with van der Waals surface area (Å²) in [7, 11) is 1.58. The van der Waals surface area contributed by atoms with Gasteiger partial charge in [0.25, 0.3) is 0 Å². The van der Waals surface area contributed by atoms with E-state index in [2.05, 4.69) is 11.1 Å². The van der Waals surface area contributed by atoms with E-state index in [0.717, 1.165) is 29.4 Å². The van der Waals surface area contributed by atoms with Crippen LogP contribution in [0.3, 0.4) is 0 Å². The standard InChI is InChI=1S/C13H13N3O/c1-17-10-5-4-9-11(12(10)15)8(6-14)13(16-9)7-2-3-7/h4-5,7,16H,2-3,15H2,1H3. The van der Waals surface area contributed by atoms with Gasteiger partial charge in [0.15, 0.2) is 0 Å². The molecule has 1 aliphatic carbocycles. The lowest BCUT2D eigenvalue weighted by Gasteiger charge is -2.04. The maximum absolute atomic E-state index is 9.30. The first-order valence-corrected chi connectivity index (χ1v) is 5.64. The summed E-state index contributed by atoms with van der Waals surface area (Å²) in [5.74, 6) is 1.12. The molecule has 0 saturated heterocycles. The average molecular weight is 227 g/mol. The van der Waals surface area contributed by atoms with Crippen molar-refractivity contribution in [2.75, 3.05) is 12.8 Å². The summed E-state index contributed by atoms with van der Waals surface area (Å²) in [6.45, 7) is 0. The molecule has 4 heteroatoms. The fraction of sp³-hybridized carbons (Fsp3) is 0.308. The predicted octanol–water partition coefficient (Wildman–Crippen LogP) is 2.51. The van der Waals surface area contributed by atoms with Gasteiger partial charge in [0.2, 0.25) is 0 Å². The zero-order valence-electron chi connectivity index (χ0n) is 9.58. The molecular weight excluding hydrogens is 214 g/mol. The lowest BCUT2D eigenvalue weighted by atomic mass is 10.1. The predicted molar refractivity (Wildman–Crippen MR) is 66.0 cm³/mol. The smallest absolute Gasteiger partial charge is 0.142 e. The third kappa shape index (κ3) is 1.36. The second kappa shape index (κ2) is 3.42. The first-order chi connectivity index (χ1) is 8.26. The van der Waals surface area contributed by atoms with Crippen molar-refractivity contribution in [3.05, 3.63) is 23.4 Å². The minimum absolute atomic E-state index is 0.502. The van der Waals surface area contributed by atoms with E-state index in [1.54, 1.807) is 7.11 Å². The molecule has 2 aromatic rings. The summed E-state index contributed by atoms with van der Waals surface area (Å²) >= 11 is 0. The zero-order valence-corrected chi connectivity index (χ0v) is 9.58. The fourth-order valence-corrected chi connectivity index (χ4v) is 2.29. The third-order valence-corrected chi connectivity index (χ3v) is 3.31. The van der Waals surface area contributed by atoms with E-state index in [1.165, 1.54) is 0 Å². The van der Waals surface area contributed by atoms with Crippen LogP contribution in [0.5, 0.6) is 5.75 Å². The molecule has 0 unspecified atom stereocenters. The number of fused-ring (bicyclic) bond motifs is 1. The number of ether oxygens (including phenoxy) is 1. The van der Waals surface area contributed by atoms with Crippen molar-refractivity contribution in [2.45, 2.75) is 18.8 Å². The van der Waals surface area contributed by atoms with Crippen LogP contribution in [0.25, 0.3) is 10.9 Å². The van der Waals surface area contributed by atoms with Gasteiger partial charge >= 0.3 is 0 Å². The normalized spacial score (nSPS) is 14.8. The van der Waals surface area contributed by atoms with E-state index in [-0.39, 0.29) is 0 Å². The molecule has 0 amide bonds. The van der Waals surface area contributed by atoms with Gasteiger partial charge in [-0.25, -0.2) is 0 Å². The number of anilines is 1. The number of aromatic nitrogens is 1. The van der Waals surface area contributed by atoms with E-state index < -0.39 is 0 Å². The van der Waals surface area contributed by atoms with Crippen LogP contribution in [0, 0.1) is 11.3 Å². The Balaban J connectivity index is 2.35. The van der Waals surface area contributed by atoms with Crippen molar-refractivity contribution >= 4 is 16.6 Å². The number of hydrogen-bond donors (Lipinski definition) is 2. The number of benzene rings is 1. The second-order valence-electron chi connectivity index (χ2n) is 4.40. The fourth-order valence-electron chi connectivity index (χ4n) is 2.29. The minimum Gasteiger partial charge on any atom is -0.495 e. The molecule has 0 bridgehead atoms. The quantitative estimate of drug-likeness (QED) is 0.774. The van der Waals surface area contributed by atoms with Gasteiger partial charge in [-0.15, -0.1) is 0 Å². The number of methoxy groups -OCH3 is 1. The Morgan fingerprint density at radius 3 is 2.82 bits per heavy atom. The van der Waals surface area contributed by atoms with Gasteiger partial charge in [-0.2, -0.15) is 5.26 Å². The molecule has 0 atom stereocenters. The molecule has 0 aliphatic heterocycles. The van der Waals surface area contributed by atoms with Gasteiger partial charge in [0, 0.05) is 22.5 Å². The highest BCUT2D eigenvalue weighted by Gasteiger charge is 2.29. The summed E-state index contributed by atoms with van der Waals surface area (Å²) in [4.78, 5) is 3.31. The molecule has 3 N–H and O–H groups in total. The van der Waals surface area contributed by atoms with Crippen molar-refractivity contribution < 1.29 is 4.74 Å². The molecular formula is C13H13N3O. The van der Waals surface area contributed by atoms with E-state index >= 15 is 0 Å². The monoisotopic (exact) mass is 227 g/mol. The van der Waals surface area contributed by atoms with Gasteiger partial charge < -0.3 is 15.5 Å². The van der Waals surface area contributed by atoms with E-state index in [9.17, 15) is 5.26 Å². The molecule has 1 aromatic carbocycles. The van der Waals surface area contributed by atoms with Crippen LogP contribution >= 0.6 is 0 Å². The molecule has 0 spiro atoms. The van der Waals surface area contributed by atoms with Crippen molar-refractivity contribution in [3.63, 3.8) is 0 Å². The lowest BCUT2D eigenvalue weighted by Crippen LogP contribution is -1.93.